The molecule has 1 heterocycles. The molecule has 0 radical (unpaired) electrons. The summed E-state index contributed by atoms with van der Waals surface area (Å²) in [6, 6.07) is 9.19. The van der Waals surface area contributed by atoms with Crippen molar-refractivity contribution in [2.24, 2.45) is 5.10 Å². The van der Waals surface area contributed by atoms with E-state index in [0.29, 0.717) is 5.56 Å². The molecule has 1 aliphatic heterocycles. The summed E-state index contributed by atoms with van der Waals surface area (Å²) < 4.78 is 14.7. The Kier molecular flexibility index (Phi) is 5.23. The molecule has 2 aromatic rings. The average molecular weight is 381 g/mol. The predicted octanol–water partition coefficient (Wildman–Crippen LogP) is 4.32. The number of allylic oxidation sites excluding steroid dienone is 1. The number of hydrazone groups is 1. The molecule has 0 aliphatic carbocycles. The van der Waals surface area contributed by atoms with Gasteiger partial charge in [-0.1, -0.05) is 12.1 Å². The number of hydrogen-bond acceptors (Lipinski definition) is 4. The van der Waals surface area contributed by atoms with Gasteiger partial charge in [0.05, 0.1) is 11.8 Å². The Hall–Kier alpha value is -3.15. The Labute approximate surface area is 164 Å². The molecular formula is C22H24FN3O2. The Bertz CT molecular complexity index is 980. The van der Waals surface area contributed by atoms with Gasteiger partial charge >= 0.3 is 0 Å². The van der Waals surface area contributed by atoms with Crippen LogP contribution in [0.25, 0.3) is 5.57 Å². The number of carbonyl (C=O) groups excluding carboxylic acids is 1. The number of likely N-dealkylation sites (N-methyl/N-ethyl adjacent to an activating group) is 1. The number of nitrogens with zero attached hydrogens (tertiary/aromatic N) is 2. The van der Waals surface area contributed by atoms with Crippen molar-refractivity contribution in [3.05, 3.63) is 65.0 Å². The first-order valence-corrected chi connectivity index (χ1v) is 9.16. The van der Waals surface area contributed by atoms with Crippen LogP contribution in [0.15, 0.2) is 47.6 Å². The lowest BCUT2D eigenvalue weighted by Gasteiger charge is -2.42. The zero-order valence-electron chi connectivity index (χ0n) is 16.5. The standard InChI is InChI=1S/C22H24FN3O2/c1-5-26-20-11-19(23)16(10-18(20)14(2)12-22(26,3)4)13-24-25-21(28)15-7-6-8-17(27)9-15/h6-13,27H,5H2,1-4H3,(H,25,28)/b24-13+. The molecule has 2 aromatic carbocycles. The fourth-order valence-corrected chi connectivity index (χ4v) is 3.66. The second kappa shape index (κ2) is 7.46. The molecule has 6 heteroatoms. The average Bonchev–Trinajstić information content (AvgIpc) is 2.62. The number of fused-ring (bicyclic) bond motifs is 1. The van der Waals surface area contributed by atoms with Gasteiger partial charge in [0.15, 0.2) is 0 Å². The van der Waals surface area contributed by atoms with Crippen molar-refractivity contribution in [1.29, 1.82) is 0 Å². The minimum absolute atomic E-state index is 0.0111. The molecule has 28 heavy (non-hydrogen) atoms. The van der Waals surface area contributed by atoms with Gasteiger partial charge in [-0.15, -0.1) is 0 Å². The van der Waals surface area contributed by atoms with Crippen molar-refractivity contribution in [3.63, 3.8) is 0 Å². The molecule has 0 bridgehead atoms. The summed E-state index contributed by atoms with van der Waals surface area (Å²) in [7, 11) is 0. The summed E-state index contributed by atoms with van der Waals surface area (Å²) >= 11 is 0. The highest BCUT2D eigenvalue weighted by molar-refractivity contribution is 5.95. The second-order valence-corrected chi connectivity index (χ2v) is 7.37. The van der Waals surface area contributed by atoms with Crippen molar-refractivity contribution in [2.45, 2.75) is 33.2 Å². The minimum atomic E-state index is -0.486. The van der Waals surface area contributed by atoms with E-state index in [4.69, 9.17) is 0 Å². The number of nitrogens with one attached hydrogen (secondary N) is 1. The molecule has 0 spiro atoms. The summed E-state index contributed by atoms with van der Waals surface area (Å²) in [5.74, 6) is -0.901. The smallest absolute Gasteiger partial charge is 0.271 e. The molecule has 1 aliphatic rings. The van der Waals surface area contributed by atoms with Crippen molar-refractivity contribution < 1.29 is 14.3 Å². The minimum Gasteiger partial charge on any atom is -0.508 e. The zero-order valence-corrected chi connectivity index (χ0v) is 16.5. The Morgan fingerprint density at radius 3 is 2.75 bits per heavy atom. The van der Waals surface area contributed by atoms with Crippen molar-refractivity contribution in [2.75, 3.05) is 11.4 Å². The molecule has 2 N–H and O–H groups in total. The van der Waals surface area contributed by atoms with E-state index in [2.05, 4.69) is 35.4 Å². The van der Waals surface area contributed by atoms with Crippen LogP contribution in [-0.2, 0) is 0 Å². The third-order valence-corrected chi connectivity index (χ3v) is 4.89. The fourth-order valence-electron chi connectivity index (χ4n) is 3.66. The van der Waals surface area contributed by atoms with Gasteiger partial charge in [0.2, 0.25) is 0 Å². The molecule has 0 atom stereocenters. The van der Waals surface area contributed by atoms with Crippen molar-refractivity contribution in [3.8, 4) is 5.75 Å². The highest BCUT2D eigenvalue weighted by atomic mass is 19.1. The predicted molar refractivity (Wildman–Crippen MR) is 110 cm³/mol. The number of aromatic hydroxyl groups is 1. The van der Waals surface area contributed by atoms with E-state index >= 15 is 0 Å². The molecule has 146 valence electrons. The van der Waals surface area contributed by atoms with Crippen LogP contribution in [0.2, 0.25) is 0 Å². The lowest BCUT2D eigenvalue weighted by atomic mass is 9.88. The number of carbonyl (C=O) groups is 1. The van der Waals surface area contributed by atoms with Crippen LogP contribution in [0.1, 0.15) is 49.2 Å². The maximum absolute atomic E-state index is 14.7. The normalized spacial score (nSPS) is 15.3. The molecular weight excluding hydrogens is 357 g/mol. The SMILES string of the molecule is CCN1c2cc(F)c(/C=N/NC(=O)c3cccc(O)c3)cc2C(C)=CC1(C)C. The topological polar surface area (TPSA) is 64.9 Å². The maximum Gasteiger partial charge on any atom is 0.271 e. The molecule has 0 fully saturated rings. The third kappa shape index (κ3) is 3.76. The Morgan fingerprint density at radius 2 is 2.07 bits per heavy atom. The van der Waals surface area contributed by atoms with Gasteiger partial charge in [-0.2, -0.15) is 5.10 Å². The Morgan fingerprint density at radius 1 is 1.32 bits per heavy atom. The maximum atomic E-state index is 14.7. The van der Waals surface area contributed by atoms with Crippen LogP contribution in [0.4, 0.5) is 10.1 Å². The van der Waals surface area contributed by atoms with Crippen LogP contribution < -0.4 is 10.3 Å². The first kappa shape index (κ1) is 19.6. The van der Waals surface area contributed by atoms with E-state index in [1.54, 1.807) is 18.2 Å². The number of amides is 1. The van der Waals surface area contributed by atoms with Gasteiger partial charge in [0.1, 0.15) is 11.6 Å². The highest BCUT2D eigenvalue weighted by Gasteiger charge is 2.30. The summed E-state index contributed by atoms with van der Waals surface area (Å²) in [4.78, 5) is 14.2. The molecule has 0 unspecified atom stereocenters. The number of benzene rings is 2. The lowest BCUT2D eigenvalue weighted by molar-refractivity contribution is 0.0954. The summed E-state index contributed by atoms with van der Waals surface area (Å²) in [6.45, 7) is 9.02. The van der Waals surface area contributed by atoms with Crippen LogP contribution >= 0.6 is 0 Å². The fraction of sp³-hybridized carbons (Fsp3) is 0.273. The van der Waals surface area contributed by atoms with Crippen LogP contribution in [-0.4, -0.2) is 29.3 Å². The molecule has 0 aromatic heterocycles. The van der Waals surface area contributed by atoms with Gasteiger partial charge in [-0.3, -0.25) is 4.79 Å². The second-order valence-electron chi connectivity index (χ2n) is 7.37. The monoisotopic (exact) mass is 381 g/mol. The highest BCUT2D eigenvalue weighted by Crippen LogP contribution is 2.39. The molecule has 1 amide bonds. The summed E-state index contributed by atoms with van der Waals surface area (Å²) in [5, 5.41) is 13.3. The van der Waals surface area contributed by atoms with Gasteiger partial charge in [0, 0.05) is 28.9 Å². The quantitative estimate of drug-likeness (QED) is 0.612. The third-order valence-electron chi connectivity index (χ3n) is 4.89. The molecule has 5 nitrogen and oxygen atoms in total. The van der Waals surface area contributed by atoms with E-state index in [0.717, 1.165) is 23.4 Å². The first-order valence-electron chi connectivity index (χ1n) is 9.16. The van der Waals surface area contributed by atoms with Gasteiger partial charge in [-0.05, 0) is 63.6 Å². The van der Waals surface area contributed by atoms with Crippen LogP contribution in [0, 0.1) is 5.82 Å². The molecule has 0 saturated heterocycles. The van der Waals surface area contributed by atoms with Gasteiger partial charge in [-0.25, -0.2) is 9.82 Å². The number of phenols is 1. The van der Waals surface area contributed by atoms with E-state index in [1.807, 2.05) is 13.8 Å². The number of phenolic OH excluding ortho intramolecular Hbond substituents is 1. The number of rotatable bonds is 4. The molecule has 3 rings (SSSR count). The van der Waals surface area contributed by atoms with Gasteiger partial charge in [0.25, 0.3) is 5.91 Å². The molecule has 0 saturated carbocycles. The summed E-state index contributed by atoms with van der Waals surface area (Å²) in [5.41, 5.74) is 5.59. The van der Waals surface area contributed by atoms with E-state index in [9.17, 15) is 14.3 Å². The van der Waals surface area contributed by atoms with E-state index < -0.39 is 11.7 Å². The van der Waals surface area contributed by atoms with Crippen molar-refractivity contribution >= 4 is 23.4 Å². The van der Waals surface area contributed by atoms with E-state index in [1.165, 1.54) is 24.4 Å². The van der Waals surface area contributed by atoms with Crippen LogP contribution in [0.5, 0.6) is 5.75 Å². The largest absolute Gasteiger partial charge is 0.508 e. The van der Waals surface area contributed by atoms with Crippen molar-refractivity contribution in [1.82, 2.24) is 5.43 Å². The Balaban J connectivity index is 1.85. The van der Waals surface area contributed by atoms with E-state index in [-0.39, 0.29) is 16.9 Å². The van der Waals surface area contributed by atoms with Crippen LogP contribution in [0.3, 0.4) is 0 Å². The summed E-state index contributed by atoms with van der Waals surface area (Å²) in [6.07, 6.45) is 3.46. The lowest BCUT2D eigenvalue weighted by Crippen LogP contribution is -2.45. The first-order chi connectivity index (χ1) is 13.2. The number of anilines is 1. The number of hydrogen-bond donors (Lipinski definition) is 2. The zero-order chi connectivity index (χ0) is 20.5. The number of halogens is 1. The van der Waals surface area contributed by atoms with Gasteiger partial charge < -0.3 is 10.0 Å².